The Bertz CT molecular complexity index is 1140. The molecule has 0 atom stereocenters. The topological polar surface area (TPSA) is 131 Å². The summed E-state index contributed by atoms with van der Waals surface area (Å²) in [4.78, 5) is 36.2. The molecule has 0 unspecified atom stereocenters. The van der Waals surface area contributed by atoms with Gasteiger partial charge in [-0.2, -0.15) is 0 Å². The first kappa shape index (κ1) is 21.4. The van der Waals surface area contributed by atoms with Crippen molar-refractivity contribution >= 4 is 29.1 Å². The first-order chi connectivity index (χ1) is 14.8. The lowest BCUT2D eigenvalue weighted by Crippen LogP contribution is -2.20. The van der Waals surface area contributed by atoms with Gasteiger partial charge < -0.3 is 26.2 Å². The van der Waals surface area contributed by atoms with Gasteiger partial charge in [0.25, 0.3) is 11.8 Å². The van der Waals surface area contributed by atoms with Crippen molar-refractivity contribution in [3.8, 4) is 11.5 Å². The van der Waals surface area contributed by atoms with Crippen molar-refractivity contribution in [3.63, 3.8) is 0 Å². The fourth-order valence-corrected chi connectivity index (χ4v) is 2.81. The van der Waals surface area contributed by atoms with Gasteiger partial charge in [0.05, 0.1) is 0 Å². The fraction of sp³-hybridized carbons (Fsp3) is 0.0870. The van der Waals surface area contributed by atoms with Crippen LogP contribution in [0, 0.1) is 6.92 Å². The van der Waals surface area contributed by atoms with E-state index in [4.69, 9.17) is 10.5 Å². The average Bonchev–Trinajstić information content (AvgIpc) is 2.72. The van der Waals surface area contributed by atoms with Crippen molar-refractivity contribution in [1.82, 2.24) is 0 Å². The fourth-order valence-electron chi connectivity index (χ4n) is 2.81. The van der Waals surface area contributed by atoms with Crippen LogP contribution in [0.15, 0.2) is 66.7 Å². The average molecular weight is 419 g/mol. The number of aryl methyl sites for hydroxylation is 1. The van der Waals surface area contributed by atoms with Crippen LogP contribution in [-0.4, -0.2) is 29.4 Å². The molecule has 3 aromatic carbocycles. The zero-order valence-corrected chi connectivity index (χ0v) is 16.7. The number of nitrogens with two attached hydrogens (primary N) is 1. The van der Waals surface area contributed by atoms with Crippen molar-refractivity contribution in [2.45, 2.75) is 6.92 Å². The maximum absolute atomic E-state index is 12.6. The van der Waals surface area contributed by atoms with Gasteiger partial charge in [-0.15, -0.1) is 0 Å². The molecule has 5 N–H and O–H groups in total. The van der Waals surface area contributed by atoms with Crippen molar-refractivity contribution in [1.29, 1.82) is 0 Å². The number of anilines is 2. The Morgan fingerprint density at radius 3 is 2.35 bits per heavy atom. The molecule has 0 bridgehead atoms. The molecule has 0 aromatic heterocycles. The van der Waals surface area contributed by atoms with E-state index >= 15 is 0 Å². The molecule has 8 heteroatoms. The van der Waals surface area contributed by atoms with Gasteiger partial charge in [-0.05, 0) is 55.0 Å². The number of phenolic OH excluding ortho intramolecular Hbond substituents is 1. The minimum atomic E-state index is -0.619. The van der Waals surface area contributed by atoms with Crippen molar-refractivity contribution in [2.24, 2.45) is 5.73 Å². The maximum atomic E-state index is 12.6. The van der Waals surface area contributed by atoms with Gasteiger partial charge in [0.1, 0.15) is 11.5 Å². The maximum Gasteiger partial charge on any atom is 0.262 e. The lowest BCUT2D eigenvalue weighted by molar-refractivity contribution is -0.118. The highest BCUT2D eigenvalue weighted by atomic mass is 16.5. The van der Waals surface area contributed by atoms with Crippen LogP contribution in [0.2, 0.25) is 0 Å². The van der Waals surface area contributed by atoms with E-state index in [9.17, 15) is 19.5 Å². The summed E-state index contributed by atoms with van der Waals surface area (Å²) >= 11 is 0. The lowest BCUT2D eigenvalue weighted by atomic mass is 10.0. The van der Waals surface area contributed by atoms with Gasteiger partial charge in [-0.25, -0.2) is 0 Å². The normalized spacial score (nSPS) is 10.2. The highest BCUT2D eigenvalue weighted by Crippen LogP contribution is 2.19. The number of benzene rings is 3. The zero-order valence-electron chi connectivity index (χ0n) is 16.7. The smallest absolute Gasteiger partial charge is 0.262 e. The molecular weight excluding hydrogens is 398 g/mol. The van der Waals surface area contributed by atoms with E-state index in [0.29, 0.717) is 28.3 Å². The summed E-state index contributed by atoms with van der Waals surface area (Å²) in [5, 5.41) is 14.8. The molecule has 0 aliphatic rings. The number of phenols is 1. The highest BCUT2D eigenvalue weighted by molar-refractivity contribution is 6.07. The van der Waals surface area contributed by atoms with Crippen LogP contribution in [0.5, 0.6) is 11.5 Å². The summed E-state index contributed by atoms with van der Waals surface area (Å²) in [5.41, 5.74) is 7.46. The third-order valence-electron chi connectivity index (χ3n) is 4.36. The minimum absolute atomic E-state index is 0.0398. The Hall–Kier alpha value is -4.33. The number of primary amides is 1. The largest absolute Gasteiger partial charge is 0.508 e. The Balaban J connectivity index is 1.63. The number of nitrogens with one attached hydrogen (secondary N) is 2. The van der Waals surface area contributed by atoms with E-state index in [0.717, 1.165) is 0 Å². The number of amides is 3. The Morgan fingerprint density at radius 1 is 0.935 bits per heavy atom. The summed E-state index contributed by atoms with van der Waals surface area (Å²) < 4.78 is 5.34. The summed E-state index contributed by atoms with van der Waals surface area (Å²) in [6.07, 6.45) is 0. The second kappa shape index (κ2) is 9.45. The first-order valence-corrected chi connectivity index (χ1v) is 9.35. The molecule has 31 heavy (non-hydrogen) atoms. The minimum Gasteiger partial charge on any atom is -0.508 e. The number of hydrogen-bond donors (Lipinski definition) is 4. The third-order valence-corrected chi connectivity index (χ3v) is 4.36. The summed E-state index contributed by atoms with van der Waals surface area (Å²) in [7, 11) is 0. The first-order valence-electron chi connectivity index (χ1n) is 9.35. The molecule has 0 saturated carbocycles. The van der Waals surface area contributed by atoms with Crippen molar-refractivity contribution < 1.29 is 24.2 Å². The summed E-state index contributed by atoms with van der Waals surface area (Å²) in [6.45, 7) is 1.50. The molecule has 3 amide bonds. The van der Waals surface area contributed by atoms with Crippen LogP contribution in [0.3, 0.4) is 0 Å². The van der Waals surface area contributed by atoms with E-state index in [-0.39, 0.29) is 17.9 Å². The molecule has 0 fully saturated rings. The number of hydrogen-bond acceptors (Lipinski definition) is 5. The van der Waals surface area contributed by atoms with Crippen LogP contribution in [0.1, 0.15) is 26.3 Å². The molecule has 0 aliphatic carbocycles. The SMILES string of the molecule is Cc1ccc(C(N)=O)cc1C(=O)Nc1cccc(NC(=O)COc2cccc(O)c2)c1. The Morgan fingerprint density at radius 2 is 1.65 bits per heavy atom. The van der Waals surface area contributed by atoms with Crippen LogP contribution in [0.4, 0.5) is 11.4 Å². The van der Waals surface area contributed by atoms with E-state index in [1.807, 2.05) is 0 Å². The van der Waals surface area contributed by atoms with Crippen LogP contribution in [-0.2, 0) is 4.79 Å². The molecule has 3 rings (SSSR count). The standard InChI is InChI=1S/C23H21N3O5/c1-14-8-9-15(22(24)29)10-20(14)23(30)26-17-5-2-4-16(11-17)25-21(28)13-31-19-7-3-6-18(27)12-19/h2-12,27H,13H2,1H3,(H2,24,29)(H,25,28)(H,26,30). The third kappa shape index (κ3) is 5.83. The van der Waals surface area contributed by atoms with Gasteiger partial charge in [-0.3, -0.25) is 14.4 Å². The molecule has 8 nitrogen and oxygen atoms in total. The van der Waals surface area contributed by atoms with Crippen LogP contribution in [0.25, 0.3) is 0 Å². The molecule has 0 radical (unpaired) electrons. The number of aromatic hydroxyl groups is 1. The molecule has 0 saturated heterocycles. The second-order valence-corrected chi connectivity index (χ2v) is 6.76. The Labute approximate surface area is 178 Å². The lowest BCUT2D eigenvalue weighted by Gasteiger charge is -2.11. The monoisotopic (exact) mass is 419 g/mol. The van der Waals surface area contributed by atoms with Gasteiger partial charge in [0, 0.05) is 28.6 Å². The van der Waals surface area contributed by atoms with E-state index < -0.39 is 17.7 Å². The molecule has 0 heterocycles. The van der Waals surface area contributed by atoms with E-state index in [2.05, 4.69) is 10.6 Å². The Kier molecular flexibility index (Phi) is 6.51. The molecule has 0 aliphatic heterocycles. The second-order valence-electron chi connectivity index (χ2n) is 6.76. The quantitative estimate of drug-likeness (QED) is 0.467. The highest BCUT2D eigenvalue weighted by Gasteiger charge is 2.13. The van der Waals surface area contributed by atoms with Crippen molar-refractivity contribution in [3.05, 3.63) is 83.4 Å². The van der Waals surface area contributed by atoms with Gasteiger partial charge in [0.15, 0.2) is 6.61 Å². The number of carbonyl (C=O) groups excluding carboxylic acids is 3. The van der Waals surface area contributed by atoms with Crippen LogP contribution >= 0.6 is 0 Å². The summed E-state index contributed by atoms with van der Waals surface area (Å²) in [5.74, 6) is -1.03. The van der Waals surface area contributed by atoms with Gasteiger partial charge >= 0.3 is 0 Å². The van der Waals surface area contributed by atoms with Gasteiger partial charge in [0.2, 0.25) is 5.91 Å². The predicted octanol–water partition coefficient (Wildman–Crippen LogP) is 3.07. The molecular formula is C23H21N3O5. The summed E-state index contributed by atoms with van der Waals surface area (Å²) in [6, 6.07) is 17.4. The van der Waals surface area contributed by atoms with Gasteiger partial charge in [-0.1, -0.05) is 18.2 Å². The molecule has 3 aromatic rings. The van der Waals surface area contributed by atoms with E-state index in [1.165, 1.54) is 18.2 Å². The predicted molar refractivity (Wildman–Crippen MR) is 116 cm³/mol. The van der Waals surface area contributed by atoms with Crippen molar-refractivity contribution in [2.75, 3.05) is 17.2 Å². The van der Waals surface area contributed by atoms with Crippen LogP contribution < -0.4 is 21.1 Å². The molecule has 0 spiro atoms. The number of carbonyl (C=O) groups is 3. The van der Waals surface area contributed by atoms with E-state index in [1.54, 1.807) is 55.5 Å². The number of rotatable bonds is 7. The molecule has 158 valence electrons. The zero-order chi connectivity index (χ0) is 22.4. The number of ether oxygens (including phenoxy) is 1.